The molecule has 0 amide bonds. The number of aryl methyl sites for hydroxylation is 1. The van der Waals surface area contributed by atoms with Crippen molar-refractivity contribution in [2.75, 3.05) is 44.7 Å². The summed E-state index contributed by atoms with van der Waals surface area (Å²) in [6.45, 7) is 7.68. The summed E-state index contributed by atoms with van der Waals surface area (Å²) in [6.07, 6.45) is 2.84. The van der Waals surface area contributed by atoms with Crippen LogP contribution in [0.2, 0.25) is 0 Å². The van der Waals surface area contributed by atoms with Crippen LogP contribution in [0.3, 0.4) is 0 Å². The minimum atomic E-state index is 0.395. The van der Waals surface area contributed by atoms with Gasteiger partial charge in [-0.1, -0.05) is 12.2 Å². The second-order valence-electron chi connectivity index (χ2n) is 4.95. The van der Waals surface area contributed by atoms with E-state index in [2.05, 4.69) is 15.2 Å². The van der Waals surface area contributed by atoms with Crippen molar-refractivity contribution in [3.05, 3.63) is 23.4 Å². The quantitative estimate of drug-likeness (QED) is 0.606. The first-order valence-electron chi connectivity index (χ1n) is 6.98. The number of pyridine rings is 1. The average Bonchev–Trinajstić information content (AvgIpc) is 2.44. The Bertz CT molecular complexity index is 460. The van der Waals surface area contributed by atoms with Gasteiger partial charge in [0, 0.05) is 25.8 Å². The van der Waals surface area contributed by atoms with Gasteiger partial charge in [-0.25, -0.2) is 4.98 Å². The Kier molecular flexibility index (Phi) is 5.70. The molecule has 1 fully saturated rings. The van der Waals surface area contributed by atoms with Crippen molar-refractivity contribution < 1.29 is 4.74 Å². The van der Waals surface area contributed by atoms with Gasteiger partial charge < -0.3 is 15.8 Å². The maximum atomic E-state index is 5.77. The minimum absolute atomic E-state index is 0.395. The molecule has 0 unspecified atom stereocenters. The summed E-state index contributed by atoms with van der Waals surface area (Å²) in [6, 6.07) is 1.92. The van der Waals surface area contributed by atoms with E-state index < -0.39 is 0 Å². The van der Waals surface area contributed by atoms with Crippen molar-refractivity contribution in [2.45, 2.75) is 13.3 Å². The number of nitrogens with one attached hydrogen (secondary N) is 1. The first-order chi connectivity index (χ1) is 9.68. The van der Waals surface area contributed by atoms with E-state index in [-0.39, 0.29) is 0 Å². The van der Waals surface area contributed by atoms with Gasteiger partial charge in [0.25, 0.3) is 0 Å². The molecule has 1 aliphatic rings. The molecule has 0 aliphatic carbocycles. The van der Waals surface area contributed by atoms with E-state index in [1.807, 2.05) is 13.0 Å². The Morgan fingerprint density at radius 1 is 1.50 bits per heavy atom. The van der Waals surface area contributed by atoms with E-state index >= 15 is 0 Å². The molecule has 0 radical (unpaired) electrons. The van der Waals surface area contributed by atoms with E-state index in [1.54, 1.807) is 6.20 Å². The number of hydrogen-bond acceptors (Lipinski definition) is 5. The highest BCUT2D eigenvalue weighted by molar-refractivity contribution is 7.80. The summed E-state index contributed by atoms with van der Waals surface area (Å²) in [5, 5.41) is 3.34. The van der Waals surface area contributed by atoms with E-state index in [9.17, 15) is 0 Å². The van der Waals surface area contributed by atoms with Gasteiger partial charge in [0.1, 0.15) is 10.8 Å². The maximum absolute atomic E-state index is 5.77. The predicted octanol–water partition coefficient (Wildman–Crippen LogP) is 1.16. The fourth-order valence-electron chi connectivity index (χ4n) is 2.34. The average molecular weight is 294 g/mol. The zero-order chi connectivity index (χ0) is 14.4. The molecule has 5 nitrogen and oxygen atoms in total. The first kappa shape index (κ1) is 15.2. The number of rotatable bonds is 6. The van der Waals surface area contributed by atoms with Crippen molar-refractivity contribution in [1.29, 1.82) is 0 Å². The van der Waals surface area contributed by atoms with Gasteiger partial charge in [-0.3, -0.25) is 4.90 Å². The Morgan fingerprint density at radius 3 is 2.95 bits per heavy atom. The van der Waals surface area contributed by atoms with Crippen molar-refractivity contribution in [2.24, 2.45) is 5.73 Å². The topological polar surface area (TPSA) is 63.4 Å². The van der Waals surface area contributed by atoms with Gasteiger partial charge in [-0.2, -0.15) is 0 Å². The molecule has 110 valence electrons. The standard InChI is InChI=1S/C14H22N4OS/c1-11-3-5-17-14(12(11)13(15)20)16-4-2-6-18-7-9-19-10-8-18/h3,5H,2,4,6-10H2,1H3,(H2,15,20)(H,16,17). The Hall–Kier alpha value is -1.24. The van der Waals surface area contributed by atoms with Crippen molar-refractivity contribution >= 4 is 23.0 Å². The molecule has 1 aromatic rings. The van der Waals surface area contributed by atoms with Crippen LogP contribution in [0.1, 0.15) is 17.5 Å². The monoisotopic (exact) mass is 294 g/mol. The van der Waals surface area contributed by atoms with Crippen LogP contribution in [0.5, 0.6) is 0 Å². The van der Waals surface area contributed by atoms with E-state index in [4.69, 9.17) is 22.7 Å². The largest absolute Gasteiger partial charge is 0.389 e. The van der Waals surface area contributed by atoms with Gasteiger partial charge >= 0.3 is 0 Å². The van der Waals surface area contributed by atoms with E-state index in [0.717, 1.165) is 62.8 Å². The second kappa shape index (κ2) is 7.52. The fraction of sp³-hybridized carbons (Fsp3) is 0.571. The van der Waals surface area contributed by atoms with E-state index in [1.165, 1.54) is 0 Å². The molecule has 0 saturated carbocycles. The normalized spacial score (nSPS) is 16.1. The summed E-state index contributed by atoms with van der Waals surface area (Å²) < 4.78 is 5.34. The summed E-state index contributed by atoms with van der Waals surface area (Å²) in [5.74, 6) is 0.791. The lowest BCUT2D eigenvalue weighted by molar-refractivity contribution is 0.0378. The minimum Gasteiger partial charge on any atom is -0.389 e. The van der Waals surface area contributed by atoms with Crippen molar-refractivity contribution in [3.63, 3.8) is 0 Å². The van der Waals surface area contributed by atoms with Crippen LogP contribution in [0.25, 0.3) is 0 Å². The number of aromatic nitrogens is 1. The third kappa shape index (κ3) is 4.13. The van der Waals surface area contributed by atoms with E-state index in [0.29, 0.717) is 4.99 Å². The highest BCUT2D eigenvalue weighted by Gasteiger charge is 2.11. The molecule has 0 aromatic carbocycles. The maximum Gasteiger partial charge on any atom is 0.136 e. The number of nitrogens with zero attached hydrogens (tertiary/aromatic N) is 2. The highest BCUT2D eigenvalue weighted by atomic mass is 32.1. The zero-order valence-electron chi connectivity index (χ0n) is 11.9. The summed E-state index contributed by atoms with van der Waals surface area (Å²) >= 11 is 5.09. The Morgan fingerprint density at radius 2 is 2.25 bits per heavy atom. The SMILES string of the molecule is Cc1ccnc(NCCCN2CCOCC2)c1C(N)=S. The number of nitrogens with two attached hydrogens (primary N) is 1. The number of hydrogen-bond donors (Lipinski definition) is 2. The van der Waals surface area contributed by atoms with Gasteiger partial charge in [0.2, 0.25) is 0 Å². The molecule has 20 heavy (non-hydrogen) atoms. The third-order valence-corrected chi connectivity index (χ3v) is 3.66. The Labute approximate surface area is 125 Å². The third-order valence-electron chi connectivity index (χ3n) is 3.45. The molecule has 0 bridgehead atoms. The summed E-state index contributed by atoms with van der Waals surface area (Å²) in [7, 11) is 0. The zero-order valence-corrected chi connectivity index (χ0v) is 12.7. The van der Waals surface area contributed by atoms with Crippen molar-refractivity contribution in [1.82, 2.24) is 9.88 Å². The predicted molar refractivity (Wildman–Crippen MR) is 85.2 cm³/mol. The molecule has 2 rings (SSSR count). The molecule has 1 aliphatic heterocycles. The summed E-state index contributed by atoms with van der Waals surface area (Å²) in [5.41, 5.74) is 7.68. The molecule has 0 atom stereocenters. The highest BCUT2D eigenvalue weighted by Crippen LogP contribution is 2.16. The number of morpholine rings is 1. The van der Waals surface area contributed by atoms with Crippen molar-refractivity contribution in [3.8, 4) is 0 Å². The summed E-state index contributed by atoms with van der Waals surface area (Å²) in [4.78, 5) is 7.15. The lowest BCUT2D eigenvalue weighted by Crippen LogP contribution is -2.37. The molecule has 0 spiro atoms. The number of thiocarbonyl (C=S) groups is 1. The molecular formula is C14H22N4OS. The molecule has 1 saturated heterocycles. The van der Waals surface area contributed by atoms with Crippen LogP contribution in [-0.4, -0.2) is 54.3 Å². The lowest BCUT2D eigenvalue weighted by atomic mass is 10.1. The first-order valence-corrected chi connectivity index (χ1v) is 7.38. The second-order valence-corrected chi connectivity index (χ2v) is 5.39. The van der Waals surface area contributed by atoms with Gasteiger partial charge in [-0.15, -0.1) is 0 Å². The smallest absolute Gasteiger partial charge is 0.136 e. The van der Waals surface area contributed by atoms with Crippen LogP contribution in [0.4, 0.5) is 5.82 Å². The molecule has 1 aromatic heterocycles. The van der Waals surface area contributed by atoms with Crippen LogP contribution in [0, 0.1) is 6.92 Å². The molecule has 2 heterocycles. The molecular weight excluding hydrogens is 272 g/mol. The van der Waals surface area contributed by atoms with Crippen LogP contribution < -0.4 is 11.1 Å². The van der Waals surface area contributed by atoms with Crippen LogP contribution >= 0.6 is 12.2 Å². The number of ether oxygens (including phenoxy) is 1. The number of anilines is 1. The van der Waals surface area contributed by atoms with Gasteiger partial charge in [0.15, 0.2) is 0 Å². The fourth-order valence-corrected chi connectivity index (χ4v) is 2.60. The lowest BCUT2D eigenvalue weighted by Gasteiger charge is -2.26. The molecule has 6 heteroatoms. The molecule has 3 N–H and O–H groups in total. The van der Waals surface area contributed by atoms with Gasteiger partial charge in [-0.05, 0) is 31.5 Å². The van der Waals surface area contributed by atoms with Crippen LogP contribution in [0.15, 0.2) is 12.3 Å². The van der Waals surface area contributed by atoms with Crippen LogP contribution in [-0.2, 0) is 4.74 Å². The van der Waals surface area contributed by atoms with Gasteiger partial charge in [0.05, 0.1) is 18.8 Å². The Balaban J connectivity index is 1.82.